The van der Waals surface area contributed by atoms with E-state index in [4.69, 9.17) is 14.2 Å². The lowest BCUT2D eigenvalue weighted by molar-refractivity contribution is -0.175. The molecule has 7 aliphatic rings. The Morgan fingerprint density at radius 2 is 1.59 bits per heavy atom. The van der Waals surface area contributed by atoms with Crippen LogP contribution in [0.2, 0.25) is 0 Å². The first-order chi connectivity index (χ1) is 19.6. The summed E-state index contributed by atoms with van der Waals surface area (Å²) in [6.07, 6.45) is 14.8. The minimum absolute atomic E-state index is 0.0325. The van der Waals surface area contributed by atoms with Crippen molar-refractivity contribution in [3.8, 4) is 0 Å². The number of fused-ring (bicyclic) bond motifs is 8. The van der Waals surface area contributed by atoms with Crippen LogP contribution in [0.15, 0.2) is 0 Å². The fraction of sp³-hybridized carbons (Fsp3) is 0.944. The second kappa shape index (κ2) is 11.1. The number of cyclic esters (lactones) is 1. The summed E-state index contributed by atoms with van der Waals surface area (Å²) in [4.78, 5) is 25.1. The number of carbonyl (C=O) groups is 2. The van der Waals surface area contributed by atoms with Crippen LogP contribution in [0.25, 0.3) is 0 Å². The molecule has 2 saturated heterocycles. The van der Waals surface area contributed by atoms with Crippen molar-refractivity contribution in [2.24, 2.45) is 65.1 Å². The van der Waals surface area contributed by atoms with Crippen LogP contribution < -0.4 is 0 Å². The normalized spacial score (nSPS) is 49.9. The SMILES string of the molecule is CCC1CC(CC)C2C3CC(CC3C(=O)OC3(CC)CC4CCC3C4)C12.CCC1OC(CC)C2C1C(=O)OC2(C)C. The largest absolute Gasteiger partial charge is 0.459 e. The third-order valence-electron chi connectivity index (χ3n) is 13.8. The van der Waals surface area contributed by atoms with Crippen LogP contribution >= 0.6 is 0 Å². The lowest BCUT2D eigenvalue weighted by Gasteiger charge is -2.40. The molecule has 232 valence electrons. The fourth-order valence-corrected chi connectivity index (χ4v) is 12.1. The van der Waals surface area contributed by atoms with Crippen LogP contribution in [-0.2, 0) is 23.8 Å². The van der Waals surface area contributed by atoms with Gasteiger partial charge in [0.15, 0.2) is 0 Å². The van der Waals surface area contributed by atoms with Gasteiger partial charge in [-0.1, -0.05) is 47.5 Å². The van der Waals surface area contributed by atoms with Gasteiger partial charge in [-0.25, -0.2) is 0 Å². The van der Waals surface area contributed by atoms with Crippen molar-refractivity contribution in [3.05, 3.63) is 0 Å². The van der Waals surface area contributed by atoms with E-state index in [1.807, 2.05) is 13.8 Å². The first-order valence-electron chi connectivity index (χ1n) is 17.7. The van der Waals surface area contributed by atoms with Crippen molar-refractivity contribution in [2.45, 2.75) is 149 Å². The standard InChI is InChI=1S/C24H38O2.C12H20O3/c1-4-15-10-16(5-2)22-19-11-17(21(15)22)12-20(19)23(25)26-24(6-3)13-14-7-8-18(24)9-14;1-5-7-9-10(8(6-2)14-7)12(3,4)15-11(9)13/h14-22H,4-13H2,1-3H3;7-10H,5-6H2,1-4H3. The molecule has 0 N–H and O–H groups in total. The van der Waals surface area contributed by atoms with Crippen LogP contribution in [-0.4, -0.2) is 35.3 Å². The van der Waals surface area contributed by atoms with Crippen molar-refractivity contribution < 1.29 is 23.8 Å². The summed E-state index contributed by atoms with van der Waals surface area (Å²) in [6.45, 7) is 15.2. The Hall–Kier alpha value is -1.10. The zero-order chi connectivity index (χ0) is 29.3. The highest BCUT2D eigenvalue weighted by molar-refractivity contribution is 5.77. The molecule has 2 heterocycles. The Balaban J connectivity index is 0.000000172. The molecular formula is C36H58O5. The molecule has 0 aromatic heterocycles. The molecule has 14 unspecified atom stereocenters. The van der Waals surface area contributed by atoms with E-state index in [0.717, 1.165) is 67.6 Å². The Kier molecular flexibility index (Phi) is 8.12. The molecule has 41 heavy (non-hydrogen) atoms. The summed E-state index contributed by atoms with van der Waals surface area (Å²) in [5, 5.41) is 0. The van der Waals surface area contributed by atoms with Gasteiger partial charge >= 0.3 is 11.9 Å². The number of hydrogen-bond acceptors (Lipinski definition) is 5. The van der Waals surface area contributed by atoms with E-state index in [2.05, 4.69) is 34.6 Å². The maximum atomic E-state index is 13.3. The number of carbonyl (C=O) groups excluding carboxylic acids is 2. The third kappa shape index (κ3) is 4.72. The van der Waals surface area contributed by atoms with E-state index in [-0.39, 0.29) is 53.1 Å². The molecule has 7 rings (SSSR count). The summed E-state index contributed by atoms with van der Waals surface area (Å²) in [5.41, 5.74) is -0.445. The van der Waals surface area contributed by atoms with Gasteiger partial charge in [-0.05, 0) is 125 Å². The van der Waals surface area contributed by atoms with Gasteiger partial charge < -0.3 is 14.2 Å². The second-order valence-electron chi connectivity index (χ2n) is 15.8. The maximum Gasteiger partial charge on any atom is 0.312 e. The maximum absolute atomic E-state index is 13.3. The minimum Gasteiger partial charge on any atom is -0.459 e. The average molecular weight is 571 g/mol. The predicted octanol–water partition coefficient (Wildman–Crippen LogP) is 7.98. The van der Waals surface area contributed by atoms with E-state index >= 15 is 0 Å². The molecule has 5 heteroatoms. The van der Waals surface area contributed by atoms with Gasteiger partial charge in [-0.15, -0.1) is 0 Å². The van der Waals surface area contributed by atoms with E-state index in [1.165, 1.54) is 44.9 Å². The Morgan fingerprint density at radius 1 is 0.878 bits per heavy atom. The number of hydrogen-bond donors (Lipinski definition) is 0. The van der Waals surface area contributed by atoms with Gasteiger partial charge in [0.2, 0.25) is 0 Å². The smallest absolute Gasteiger partial charge is 0.312 e. The van der Waals surface area contributed by atoms with Crippen molar-refractivity contribution in [1.82, 2.24) is 0 Å². The number of esters is 2. The van der Waals surface area contributed by atoms with E-state index < -0.39 is 0 Å². The van der Waals surface area contributed by atoms with Crippen LogP contribution in [0.1, 0.15) is 126 Å². The van der Waals surface area contributed by atoms with Crippen LogP contribution in [0.4, 0.5) is 0 Å². The average Bonchev–Trinajstić information content (AvgIpc) is 3.80. The summed E-state index contributed by atoms with van der Waals surface area (Å²) in [5.74, 6) is 7.11. The quantitative estimate of drug-likeness (QED) is 0.290. The minimum atomic E-state index is -0.355. The van der Waals surface area contributed by atoms with Gasteiger partial charge in [0, 0.05) is 5.92 Å². The molecule has 2 aliphatic heterocycles. The second-order valence-corrected chi connectivity index (χ2v) is 15.8. The molecule has 7 fully saturated rings. The molecule has 5 saturated carbocycles. The molecule has 0 aromatic carbocycles. The molecule has 14 atom stereocenters. The van der Waals surface area contributed by atoms with Crippen LogP contribution in [0.3, 0.4) is 0 Å². The summed E-state index contributed by atoms with van der Waals surface area (Å²) in [7, 11) is 0. The highest BCUT2D eigenvalue weighted by Gasteiger charge is 2.63. The monoisotopic (exact) mass is 570 g/mol. The third-order valence-corrected chi connectivity index (χ3v) is 13.8. The first-order valence-corrected chi connectivity index (χ1v) is 17.7. The summed E-state index contributed by atoms with van der Waals surface area (Å²) >= 11 is 0. The Morgan fingerprint density at radius 3 is 2.17 bits per heavy atom. The zero-order valence-corrected chi connectivity index (χ0v) is 27.0. The first kappa shape index (κ1) is 29.9. The van der Waals surface area contributed by atoms with Gasteiger partial charge in [0.1, 0.15) is 11.2 Å². The van der Waals surface area contributed by atoms with Crippen molar-refractivity contribution in [3.63, 3.8) is 0 Å². The fourth-order valence-electron chi connectivity index (χ4n) is 12.1. The predicted molar refractivity (Wildman–Crippen MR) is 160 cm³/mol. The molecular weight excluding hydrogens is 512 g/mol. The molecule has 0 aromatic rings. The highest BCUT2D eigenvalue weighted by Crippen LogP contribution is 2.66. The topological polar surface area (TPSA) is 61.8 Å². The molecule has 0 radical (unpaired) electrons. The Labute approximate surface area is 249 Å². The van der Waals surface area contributed by atoms with E-state index in [0.29, 0.717) is 11.8 Å². The lowest BCUT2D eigenvalue weighted by atomic mass is 9.70. The number of rotatable bonds is 7. The Bertz CT molecular complexity index is 990. The molecule has 0 spiro atoms. The van der Waals surface area contributed by atoms with Gasteiger partial charge in [-0.3, -0.25) is 9.59 Å². The van der Waals surface area contributed by atoms with Crippen LogP contribution in [0, 0.1) is 65.1 Å². The molecule has 0 amide bonds. The van der Waals surface area contributed by atoms with Gasteiger partial charge in [0.25, 0.3) is 0 Å². The van der Waals surface area contributed by atoms with E-state index in [9.17, 15) is 9.59 Å². The van der Waals surface area contributed by atoms with Crippen molar-refractivity contribution in [1.29, 1.82) is 0 Å². The van der Waals surface area contributed by atoms with Crippen molar-refractivity contribution in [2.75, 3.05) is 0 Å². The van der Waals surface area contributed by atoms with Gasteiger partial charge in [0.05, 0.1) is 24.0 Å². The summed E-state index contributed by atoms with van der Waals surface area (Å²) < 4.78 is 17.8. The van der Waals surface area contributed by atoms with Crippen LogP contribution in [0.5, 0.6) is 0 Å². The zero-order valence-electron chi connectivity index (χ0n) is 27.0. The highest BCUT2D eigenvalue weighted by atomic mass is 16.6. The summed E-state index contributed by atoms with van der Waals surface area (Å²) in [6, 6.07) is 0. The molecule has 5 nitrogen and oxygen atoms in total. The van der Waals surface area contributed by atoms with Crippen molar-refractivity contribution >= 4 is 11.9 Å². The molecule has 4 bridgehead atoms. The molecule has 5 aliphatic carbocycles. The van der Waals surface area contributed by atoms with E-state index in [1.54, 1.807) is 0 Å². The lowest BCUT2D eigenvalue weighted by Crippen LogP contribution is -2.43. The number of ether oxygens (including phenoxy) is 3. The van der Waals surface area contributed by atoms with Gasteiger partial charge in [-0.2, -0.15) is 0 Å².